The van der Waals surface area contributed by atoms with Crippen LogP contribution in [0.2, 0.25) is 0 Å². The Morgan fingerprint density at radius 3 is 1.00 bits per heavy atom. The molecule has 0 spiro atoms. The molecule has 2 heterocycles. The van der Waals surface area contributed by atoms with Crippen molar-refractivity contribution in [2.45, 2.75) is 19.6 Å². The molecule has 16 rings (SSSR count). The fourth-order valence-corrected chi connectivity index (χ4v) is 17.4. The van der Waals surface area contributed by atoms with Crippen molar-refractivity contribution in [2.24, 2.45) is 0 Å². The first-order valence-corrected chi connectivity index (χ1v) is 31.5. The minimum absolute atomic E-state index is 1.14. The molecule has 14 aromatic carbocycles. The molecular weight excluding hydrogens is 1070 g/mol. The second kappa shape index (κ2) is 21.9. The molecule has 0 saturated heterocycles. The maximum Gasteiger partial charge on any atom is 0.0619 e. The zero-order valence-corrected chi connectivity index (χ0v) is 48.6. The van der Waals surface area contributed by atoms with Crippen molar-refractivity contribution in [1.82, 2.24) is 9.13 Å². The molecule has 16 aromatic rings. The third-order valence-corrected chi connectivity index (χ3v) is 21.2. The van der Waals surface area contributed by atoms with Gasteiger partial charge in [0.1, 0.15) is 0 Å². The molecule has 0 bridgehead atoms. The van der Waals surface area contributed by atoms with Gasteiger partial charge in [-0.25, -0.2) is 0 Å². The molecule has 0 radical (unpaired) electrons. The van der Waals surface area contributed by atoms with Crippen LogP contribution >= 0.6 is 10.0 Å². The van der Waals surface area contributed by atoms with Gasteiger partial charge < -0.3 is 9.13 Å². The van der Waals surface area contributed by atoms with Gasteiger partial charge in [-0.2, -0.15) is 0 Å². The van der Waals surface area contributed by atoms with Crippen molar-refractivity contribution >= 4 is 53.6 Å². The monoisotopic (exact) mass is 1130 g/mol. The van der Waals surface area contributed by atoms with Gasteiger partial charge in [0.25, 0.3) is 0 Å². The maximum absolute atomic E-state index is 2.56. The molecule has 0 fully saturated rings. The van der Waals surface area contributed by atoms with Crippen LogP contribution in [0, 0.1) is 0 Å². The van der Waals surface area contributed by atoms with E-state index in [0.717, 1.165) is 44.7 Å². The molecule has 410 valence electrons. The number of benzene rings is 14. The van der Waals surface area contributed by atoms with Gasteiger partial charge in [0, 0.05) is 57.9 Å². The average molecular weight is 1130 g/mol. The molecule has 0 amide bonds. The molecule has 0 unspecified atom stereocenters. The van der Waals surface area contributed by atoms with Gasteiger partial charge in [-0.05, 0) is 159 Å². The summed E-state index contributed by atoms with van der Waals surface area (Å²) >= 11 is 0. The van der Waals surface area contributed by atoms with E-state index < -0.39 is 10.0 Å². The second-order valence-electron chi connectivity index (χ2n) is 22.4. The summed E-state index contributed by atoms with van der Waals surface area (Å²) < 4.78 is 4.99. The van der Waals surface area contributed by atoms with Crippen LogP contribution in [-0.2, 0) is 0 Å². The SMILES string of the molecule is c1ccc(-c2cccc(-n3c4ccccc4c4cc(-c5ccc6c(c5)c5ccccc5n6-c5c(-c6ccccc6)cc(S(c6ccccc6)(c6ccccc6)c6cc(-c7ccccc7)cc(-c7ccccc7)c6)cc5-c5ccccc5)ccc43)c2)cc1. The summed E-state index contributed by atoms with van der Waals surface area (Å²) in [6.45, 7) is 0. The number of fused-ring (bicyclic) bond motifs is 6. The summed E-state index contributed by atoms with van der Waals surface area (Å²) in [5.41, 5.74) is 21.0. The van der Waals surface area contributed by atoms with Gasteiger partial charge in [0.05, 0.1) is 27.8 Å². The number of para-hydroxylation sites is 2. The first-order valence-electron chi connectivity index (χ1n) is 29.9. The van der Waals surface area contributed by atoms with Crippen molar-refractivity contribution in [3.8, 4) is 78.1 Å². The zero-order chi connectivity index (χ0) is 57.7. The van der Waals surface area contributed by atoms with Crippen LogP contribution in [0.3, 0.4) is 0 Å². The molecule has 2 nitrogen and oxygen atoms in total. The molecule has 2 aromatic heterocycles. The summed E-state index contributed by atoms with van der Waals surface area (Å²) in [4.78, 5) is 5.02. The number of hydrogen-bond acceptors (Lipinski definition) is 0. The number of nitrogens with zero attached hydrogens (tertiary/aromatic N) is 2. The molecule has 0 aliphatic carbocycles. The molecule has 0 aliphatic heterocycles. The highest BCUT2D eigenvalue weighted by atomic mass is 32.3. The van der Waals surface area contributed by atoms with E-state index in [1.165, 1.54) is 96.7 Å². The number of aromatic nitrogens is 2. The van der Waals surface area contributed by atoms with Gasteiger partial charge in [0.2, 0.25) is 0 Å². The van der Waals surface area contributed by atoms with Gasteiger partial charge in [-0.1, -0.05) is 249 Å². The van der Waals surface area contributed by atoms with E-state index in [2.05, 4.69) is 361 Å². The van der Waals surface area contributed by atoms with Gasteiger partial charge in [-0.15, -0.1) is 10.0 Å². The standard InChI is InChI=1S/C84H58N2S/c1-8-27-59(28-9-1)64-37-26-38-69(52-64)85-80-45-24-22-43-74(80)78-55-65(47-49-82(78)85)66-48-50-83-79(56-66)75-44-23-25-46-81(75)86(83)84-76(62-33-14-4-15-34-62)57-73(58-77(84)63-35-16-5-17-36-63)87(70-39-18-6-19-40-70,71-41-20-7-21-42-71)72-53-67(60-29-10-2-11-30-60)51-68(54-72)61-31-12-3-13-32-61/h1-58H. The topological polar surface area (TPSA) is 9.86 Å². The minimum atomic E-state index is -2.31. The normalized spacial score (nSPS) is 11.9. The lowest BCUT2D eigenvalue weighted by Crippen LogP contribution is -2.08. The quantitative estimate of drug-likeness (QED) is 0.115. The molecule has 0 N–H and O–H groups in total. The van der Waals surface area contributed by atoms with Crippen molar-refractivity contribution in [2.75, 3.05) is 0 Å². The molecular formula is C84H58N2S. The van der Waals surface area contributed by atoms with E-state index in [1.807, 2.05) is 0 Å². The summed E-state index contributed by atoms with van der Waals surface area (Å²) in [7, 11) is -2.31. The smallest absolute Gasteiger partial charge is 0.0619 e. The summed E-state index contributed by atoms with van der Waals surface area (Å²) in [5, 5.41) is 4.86. The minimum Gasteiger partial charge on any atom is -0.309 e. The Morgan fingerprint density at radius 1 is 0.184 bits per heavy atom. The van der Waals surface area contributed by atoms with Crippen molar-refractivity contribution in [3.63, 3.8) is 0 Å². The Balaban J connectivity index is 0.950. The van der Waals surface area contributed by atoms with Crippen LogP contribution < -0.4 is 0 Å². The van der Waals surface area contributed by atoms with Crippen LogP contribution in [0.1, 0.15) is 0 Å². The molecule has 0 saturated carbocycles. The van der Waals surface area contributed by atoms with Crippen LogP contribution in [0.4, 0.5) is 0 Å². The van der Waals surface area contributed by atoms with E-state index in [4.69, 9.17) is 0 Å². The Hall–Kier alpha value is -11.0. The Labute approximate surface area is 509 Å². The Kier molecular flexibility index (Phi) is 13.0. The largest absolute Gasteiger partial charge is 0.309 e. The summed E-state index contributed by atoms with van der Waals surface area (Å²) in [6.07, 6.45) is 0. The highest BCUT2D eigenvalue weighted by Gasteiger charge is 2.36. The van der Waals surface area contributed by atoms with E-state index in [1.54, 1.807) is 0 Å². The fourth-order valence-electron chi connectivity index (χ4n) is 13.4. The highest BCUT2D eigenvalue weighted by Crippen LogP contribution is 2.75. The number of hydrogen-bond donors (Lipinski definition) is 0. The fraction of sp³-hybridized carbons (Fsp3) is 0. The lowest BCUT2D eigenvalue weighted by Gasteiger charge is -2.43. The molecule has 87 heavy (non-hydrogen) atoms. The van der Waals surface area contributed by atoms with E-state index in [-0.39, 0.29) is 0 Å². The third-order valence-electron chi connectivity index (χ3n) is 17.4. The van der Waals surface area contributed by atoms with Crippen molar-refractivity contribution < 1.29 is 0 Å². The molecule has 0 aliphatic rings. The van der Waals surface area contributed by atoms with Crippen molar-refractivity contribution in [3.05, 3.63) is 352 Å². The van der Waals surface area contributed by atoms with E-state index in [0.29, 0.717) is 0 Å². The average Bonchev–Trinajstić information content (AvgIpc) is 1.89. The van der Waals surface area contributed by atoms with Crippen molar-refractivity contribution in [1.29, 1.82) is 0 Å². The lowest BCUT2D eigenvalue weighted by molar-refractivity contribution is 1.16. The highest BCUT2D eigenvalue weighted by molar-refractivity contribution is 8.34. The van der Waals surface area contributed by atoms with Gasteiger partial charge in [0.15, 0.2) is 0 Å². The van der Waals surface area contributed by atoms with Crippen LogP contribution in [-0.4, -0.2) is 9.13 Å². The van der Waals surface area contributed by atoms with Crippen LogP contribution in [0.25, 0.3) is 122 Å². The van der Waals surface area contributed by atoms with Gasteiger partial charge >= 0.3 is 0 Å². The first-order chi connectivity index (χ1) is 43.2. The predicted molar refractivity (Wildman–Crippen MR) is 368 cm³/mol. The van der Waals surface area contributed by atoms with E-state index >= 15 is 0 Å². The lowest BCUT2D eigenvalue weighted by atomic mass is 9.95. The number of rotatable bonds is 12. The first kappa shape index (κ1) is 51.7. The summed E-state index contributed by atoms with van der Waals surface area (Å²) in [6, 6.07) is 131. The Bertz CT molecular complexity index is 5010. The third kappa shape index (κ3) is 8.99. The van der Waals surface area contributed by atoms with Gasteiger partial charge in [-0.3, -0.25) is 0 Å². The predicted octanol–water partition coefficient (Wildman–Crippen LogP) is 23.2. The molecule has 0 atom stereocenters. The van der Waals surface area contributed by atoms with E-state index in [9.17, 15) is 0 Å². The summed E-state index contributed by atoms with van der Waals surface area (Å²) in [5.74, 6) is 0. The second-order valence-corrected chi connectivity index (χ2v) is 25.5. The zero-order valence-electron chi connectivity index (χ0n) is 47.8. The van der Waals surface area contributed by atoms with Crippen LogP contribution in [0.15, 0.2) is 371 Å². The maximum atomic E-state index is 2.56. The van der Waals surface area contributed by atoms with Crippen LogP contribution in [0.5, 0.6) is 0 Å². The Morgan fingerprint density at radius 2 is 0.529 bits per heavy atom. The molecule has 3 heteroatoms.